The van der Waals surface area contributed by atoms with E-state index in [1.54, 1.807) is 12.1 Å². The van der Waals surface area contributed by atoms with E-state index in [9.17, 15) is 8.42 Å². The zero-order valence-electron chi connectivity index (χ0n) is 12.7. The maximum Gasteiger partial charge on any atom is 0.241 e. The molecule has 1 aliphatic heterocycles. The highest BCUT2D eigenvalue weighted by atomic mass is 32.2. The Morgan fingerprint density at radius 3 is 2.71 bits per heavy atom. The second-order valence-electron chi connectivity index (χ2n) is 5.81. The highest BCUT2D eigenvalue weighted by Gasteiger charge is 2.33. The molecule has 6 heteroatoms. The first kappa shape index (κ1) is 16.4. The molecule has 1 atom stereocenters. The Bertz CT molecular complexity index is 593. The lowest BCUT2D eigenvalue weighted by Gasteiger charge is -2.33. The predicted octanol–water partition coefficient (Wildman–Crippen LogP) is 1.56. The van der Waals surface area contributed by atoms with Gasteiger partial charge in [0.1, 0.15) is 0 Å². The minimum atomic E-state index is -3.56. The van der Waals surface area contributed by atoms with Gasteiger partial charge in [-0.3, -0.25) is 0 Å². The Hall–Kier alpha value is -0.950. The number of aryl methyl sites for hydroxylation is 1. The second-order valence-corrected chi connectivity index (χ2v) is 7.49. The minimum Gasteiger partial charge on any atom is -0.380 e. The van der Waals surface area contributed by atoms with Gasteiger partial charge < -0.3 is 10.5 Å². The quantitative estimate of drug-likeness (QED) is 0.864. The van der Waals surface area contributed by atoms with Crippen molar-refractivity contribution in [2.24, 2.45) is 5.73 Å². The number of hydrogen-bond donors (Lipinski definition) is 2. The monoisotopic (exact) mass is 312 g/mol. The zero-order valence-corrected chi connectivity index (χ0v) is 13.5. The molecule has 118 valence electrons. The summed E-state index contributed by atoms with van der Waals surface area (Å²) < 4.78 is 33.3. The Morgan fingerprint density at radius 2 is 2.14 bits per heavy atom. The molecule has 2 rings (SSSR count). The van der Waals surface area contributed by atoms with Gasteiger partial charge in [-0.25, -0.2) is 13.1 Å². The number of benzene rings is 1. The third-order valence-corrected chi connectivity index (χ3v) is 5.54. The lowest BCUT2D eigenvalue weighted by atomic mass is 9.97. The van der Waals surface area contributed by atoms with E-state index in [1.807, 2.05) is 19.9 Å². The van der Waals surface area contributed by atoms with Gasteiger partial charge in [-0.05, 0) is 49.4 Å². The Labute approximate surface area is 126 Å². The van der Waals surface area contributed by atoms with Gasteiger partial charge in [0.05, 0.1) is 17.0 Å². The summed E-state index contributed by atoms with van der Waals surface area (Å²) in [6, 6.07) is 5.16. The summed E-state index contributed by atoms with van der Waals surface area (Å²) in [6.45, 7) is 5.35. The van der Waals surface area contributed by atoms with Crippen molar-refractivity contribution >= 4 is 10.0 Å². The average Bonchev–Trinajstić information content (AvgIpc) is 2.46. The van der Waals surface area contributed by atoms with E-state index in [-0.39, 0.29) is 4.90 Å². The fourth-order valence-electron chi connectivity index (χ4n) is 2.70. The Kier molecular flexibility index (Phi) is 5.03. The molecule has 0 amide bonds. The summed E-state index contributed by atoms with van der Waals surface area (Å²) in [5.41, 5.74) is 7.14. The number of nitrogens with one attached hydrogen (secondary N) is 1. The molecular weight excluding hydrogens is 288 g/mol. The molecule has 1 heterocycles. The van der Waals surface area contributed by atoms with E-state index in [0.29, 0.717) is 19.8 Å². The van der Waals surface area contributed by atoms with Crippen LogP contribution in [-0.2, 0) is 27.7 Å². The van der Waals surface area contributed by atoms with Crippen molar-refractivity contribution in [3.8, 4) is 0 Å². The van der Waals surface area contributed by atoms with Crippen LogP contribution in [0.15, 0.2) is 23.1 Å². The van der Waals surface area contributed by atoms with Crippen molar-refractivity contribution < 1.29 is 13.2 Å². The first-order valence-electron chi connectivity index (χ1n) is 7.34. The summed E-state index contributed by atoms with van der Waals surface area (Å²) >= 11 is 0. The van der Waals surface area contributed by atoms with Crippen LogP contribution in [0.3, 0.4) is 0 Å². The molecule has 1 aromatic carbocycles. The van der Waals surface area contributed by atoms with Gasteiger partial charge in [-0.1, -0.05) is 13.0 Å². The van der Waals surface area contributed by atoms with Crippen LogP contribution >= 0.6 is 0 Å². The van der Waals surface area contributed by atoms with Crippen LogP contribution in [-0.4, -0.2) is 27.2 Å². The number of ether oxygens (including phenoxy) is 1. The first-order valence-corrected chi connectivity index (χ1v) is 8.82. The fourth-order valence-corrected chi connectivity index (χ4v) is 4.17. The number of rotatable bonds is 5. The summed E-state index contributed by atoms with van der Waals surface area (Å²) in [6.07, 6.45) is 2.48. The summed E-state index contributed by atoms with van der Waals surface area (Å²) in [5.74, 6) is 0. The van der Waals surface area contributed by atoms with E-state index < -0.39 is 15.6 Å². The lowest BCUT2D eigenvalue weighted by molar-refractivity contribution is 0.0386. The third-order valence-electron chi connectivity index (χ3n) is 3.91. The molecule has 0 aromatic heterocycles. The molecule has 1 fully saturated rings. The lowest BCUT2D eigenvalue weighted by Crippen LogP contribution is -2.51. The predicted molar refractivity (Wildman–Crippen MR) is 82.5 cm³/mol. The van der Waals surface area contributed by atoms with E-state index in [2.05, 4.69) is 4.72 Å². The Balaban J connectivity index is 2.27. The fraction of sp³-hybridized carbons (Fsp3) is 0.600. The maximum atomic E-state index is 12.6. The molecule has 0 aliphatic carbocycles. The molecule has 0 spiro atoms. The molecule has 0 saturated carbocycles. The van der Waals surface area contributed by atoms with Crippen LogP contribution in [0, 0.1) is 0 Å². The zero-order chi connectivity index (χ0) is 15.5. The third kappa shape index (κ3) is 3.83. The van der Waals surface area contributed by atoms with Crippen LogP contribution in [0.5, 0.6) is 0 Å². The van der Waals surface area contributed by atoms with Gasteiger partial charge in [0.25, 0.3) is 0 Å². The molecule has 1 aromatic rings. The van der Waals surface area contributed by atoms with Gasteiger partial charge in [-0.2, -0.15) is 0 Å². The van der Waals surface area contributed by atoms with Gasteiger partial charge >= 0.3 is 0 Å². The molecule has 0 bridgehead atoms. The van der Waals surface area contributed by atoms with Gasteiger partial charge in [0, 0.05) is 13.2 Å². The Morgan fingerprint density at radius 1 is 1.38 bits per heavy atom. The van der Waals surface area contributed by atoms with Crippen molar-refractivity contribution in [3.05, 3.63) is 29.3 Å². The highest BCUT2D eigenvalue weighted by molar-refractivity contribution is 7.89. The van der Waals surface area contributed by atoms with Crippen LogP contribution in [0.25, 0.3) is 0 Å². The molecule has 5 nitrogen and oxygen atoms in total. The molecule has 0 radical (unpaired) electrons. The second kappa shape index (κ2) is 6.44. The summed E-state index contributed by atoms with van der Waals surface area (Å²) in [7, 11) is -3.56. The van der Waals surface area contributed by atoms with Crippen molar-refractivity contribution in [1.29, 1.82) is 0 Å². The van der Waals surface area contributed by atoms with Crippen LogP contribution in [0.4, 0.5) is 0 Å². The van der Waals surface area contributed by atoms with Gasteiger partial charge in [-0.15, -0.1) is 0 Å². The largest absolute Gasteiger partial charge is 0.380 e. The van der Waals surface area contributed by atoms with Gasteiger partial charge in [0.15, 0.2) is 0 Å². The summed E-state index contributed by atoms with van der Waals surface area (Å²) in [5, 5.41) is 0. The van der Waals surface area contributed by atoms with Crippen LogP contribution in [0.1, 0.15) is 37.8 Å². The molecule has 1 unspecified atom stereocenters. The van der Waals surface area contributed by atoms with Crippen LogP contribution in [0.2, 0.25) is 0 Å². The van der Waals surface area contributed by atoms with Crippen molar-refractivity contribution in [2.45, 2.75) is 50.1 Å². The number of hydrogen-bond acceptors (Lipinski definition) is 4. The topological polar surface area (TPSA) is 81.4 Å². The average molecular weight is 312 g/mol. The SMILES string of the molecule is CCc1ccc(S(=O)(=O)NC2(C)CCCOC2)cc1CN. The van der Waals surface area contributed by atoms with Crippen molar-refractivity contribution in [3.63, 3.8) is 0 Å². The van der Waals surface area contributed by atoms with E-state index >= 15 is 0 Å². The highest BCUT2D eigenvalue weighted by Crippen LogP contribution is 2.23. The number of sulfonamides is 1. The molecule has 1 aliphatic rings. The number of nitrogens with two attached hydrogens (primary N) is 1. The van der Waals surface area contributed by atoms with E-state index in [0.717, 1.165) is 30.4 Å². The maximum absolute atomic E-state index is 12.6. The first-order chi connectivity index (χ1) is 9.90. The molecular formula is C15H24N2O3S. The van der Waals surface area contributed by atoms with Crippen LogP contribution < -0.4 is 10.5 Å². The summed E-state index contributed by atoms with van der Waals surface area (Å²) in [4.78, 5) is 0.270. The van der Waals surface area contributed by atoms with Gasteiger partial charge in [0.2, 0.25) is 10.0 Å². The molecule has 3 N–H and O–H groups in total. The van der Waals surface area contributed by atoms with E-state index in [4.69, 9.17) is 10.5 Å². The van der Waals surface area contributed by atoms with E-state index in [1.165, 1.54) is 0 Å². The molecule has 1 saturated heterocycles. The minimum absolute atomic E-state index is 0.270. The molecule has 21 heavy (non-hydrogen) atoms. The van der Waals surface area contributed by atoms with Crippen molar-refractivity contribution in [1.82, 2.24) is 4.72 Å². The standard InChI is InChI=1S/C15H24N2O3S/c1-3-12-5-6-14(9-13(12)10-16)21(18,19)17-15(2)7-4-8-20-11-15/h5-6,9,17H,3-4,7-8,10-11,16H2,1-2H3. The van der Waals surface area contributed by atoms with Crippen molar-refractivity contribution in [2.75, 3.05) is 13.2 Å². The normalized spacial score (nSPS) is 23.2. The smallest absolute Gasteiger partial charge is 0.241 e.